The van der Waals surface area contributed by atoms with E-state index in [0.29, 0.717) is 23.6 Å². The molecule has 0 saturated heterocycles. The van der Waals surface area contributed by atoms with Crippen molar-refractivity contribution in [3.05, 3.63) is 77.6 Å². The van der Waals surface area contributed by atoms with Crippen molar-refractivity contribution in [1.29, 1.82) is 0 Å². The zero-order valence-corrected chi connectivity index (χ0v) is 13.4. The number of halogens is 2. The third-order valence-corrected chi connectivity index (χ3v) is 3.76. The molecule has 0 aliphatic rings. The molecule has 22 heavy (non-hydrogen) atoms. The van der Waals surface area contributed by atoms with Gasteiger partial charge in [0.1, 0.15) is 0 Å². The Morgan fingerprint density at radius 2 is 1.64 bits per heavy atom. The van der Waals surface area contributed by atoms with Crippen molar-refractivity contribution >= 4 is 28.2 Å². The second-order valence-corrected chi connectivity index (χ2v) is 5.43. The summed E-state index contributed by atoms with van der Waals surface area (Å²) in [5, 5.41) is 3.03. The van der Waals surface area contributed by atoms with Crippen molar-refractivity contribution in [2.24, 2.45) is 0 Å². The average molecular weight is 332 g/mol. The van der Waals surface area contributed by atoms with Gasteiger partial charge in [0, 0.05) is 22.0 Å². The molecule has 0 spiro atoms. The summed E-state index contributed by atoms with van der Waals surface area (Å²) in [5.74, 6) is 0.132. The summed E-state index contributed by atoms with van der Waals surface area (Å²) in [7, 11) is 0. The molecule has 0 fully saturated rings. The summed E-state index contributed by atoms with van der Waals surface area (Å²) in [6.45, 7) is 0.673. The summed E-state index contributed by atoms with van der Waals surface area (Å²) < 4.78 is 2.05. The maximum Gasteiger partial charge on any atom is 0.176 e. The van der Waals surface area contributed by atoms with Crippen LogP contribution in [0.15, 0.2) is 67.0 Å². The summed E-state index contributed by atoms with van der Waals surface area (Å²) in [6, 6.07) is 17.3. The number of aromatic nitrogens is 1. The molecule has 2 nitrogen and oxygen atoms in total. The molecule has 0 atom stereocenters. The lowest BCUT2D eigenvalue weighted by Crippen LogP contribution is -3.00. The van der Waals surface area contributed by atoms with Gasteiger partial charge in [-0.2, -0.15) is 0 Å². The summed E-state index contributed by atoms with van der Waals surface area (Å²) in [4.78, 5) is 12.1. The second-order valence-electron chi connectivity index (χ2n) is 4.99. The molecule has 3 aromatic rings. The number of rotatable bonds is 4. The molecule has 0 bridgehead atoms. The Kier molecular flexibility index (Phi) is 5.53. The number of aryl methyl sites for hydroxylation is 1. The SMILES string of the molecule is O=C(CC[n+]1ccc2ccccc2c1)c1ccc(Cl)cc1.[Cl-]. The van der Waals surface area contributed by atoms with Crippen molar-refractivity contribution in [1.82, 2.24) is 0 Å². The van der Waals surface area contributed by atoms with E-state index < -0.39 is 0 Å². The average Bonchev–Trinajstić information content (AvgIpc) is 2.53. The number of hydrogen-bond acceptors (Lipinski definition) is 1. The van der Waals surface area contributed by atoms with E-state index in [2.05, 4.69) is 29.0 Å². The molecule has 0 radical (unpaired) electrons. The molecule has 3 rings (SSSR count). The predicted molar refractivity (Wildman–Crippen MR) is 84.5 cm³/mol. The first kappa shape index (κ1) is 16.5. The Labute approximate surface area is 140 Å². The second kappa shape index (κ2) is 7.39. The third kappa shape index (κ3) is 3.85. The Morgan fingerprint density at radius 1 is 0.955 bits per heavy atom. The molecule has 4 heteroatoms. The van der Waals surface area contributed by atoms with Crippen LogP contribution in [0.3, 0.4) is 0 Å². The van der Waals surface area contributed by atoms with E-state index in [0.717, 1.165) is 0 Å². The third-order valence-electron chi connectivity index (χ3n) is 3.51. The van der Waals surface area contributed by atoms with E-state index in [1.165, 1.54) is 10.8 Å². The maximum atomic E-state index is 12.1. The number of nitrogens with zero attached hydrogens (tertiary/aromatic N) is 1. The Morgan fingerprint density at radius 3 is 2.36 bits per heavy atom. The van der Waals surface area contributed by atoms with Crippen LogP contribution in [0.1, 0.15) is 16.8 Å². The largest absolute Gasteiger partial charge is 1.00 e. The van der Waals surface area contributed by atoms with Crippen molar-refractivity contribution in [2.75, 3.05) is 0 Å². The topological polar surface area (TPSA) is 20.9 Å². The highest BCUT2D eigenvalue weighted by atomic mass is 35.5. The Balaban J connectivity index is 0.00000176. The van der Waals surface area contributed by atoms with E-state index in [1.54, 1.807) is 24.3 Å². The molecule has 0 saturated carbocycles. The van der Waals surface area contributed by atoms with Gasteiger partial charge in [-0.25, -0.2) is 4.57 Å². The van der Waals surface area contributed by atoms with Crippen LogP contribution in [0.25, 0.3) is 10.8 Å². The molecule has 0 amide bonds. The van der Waals surface area contributed by atoms with Crippen LogP contribution in [0.5, 0.6) is 0 Å². The molecule has 0 aliphatic heterocycles. The number of fused-ring (bicyclic) bond motifs is 1. The van der Waals surface area contributed by atoms with Crippen LogP contribution in [-0.4, -0.2) is 5.78 Å². The van der Waals surface area contributed by atoms with Gasteiger partial charge in [-0.3, -0.25) is 4.79 Å². The first-order valence-corrected chi connectivity index (χ1v) is 7.27. The van der Waals surface area contributed by atoms with Crippen molar-refractivity contribution in [2.45, 2.75) is 13.0 Å². The van der Waals surface area contributed by atoms with Gasteiger partial charge < -0.3 is 12.4 Å². The van der Waals surface area contributed by atoms with Crippen LogP contribution in [0.4, 0.5) is 0 Å². The first-order chi connectivity index (χ1) is 10.2. The smallest absolute Gasteiger partial charge is 0.176 e. The van der Waals surface area contributed by atoms with Crippen LogP contribution < -0.4 is 17.0 Å². The standard InChI is InChI=1S/C18H15ClNO.ClH/c19-17-7-5-15(6-8-17)18(21)10-12-20-11-9-14-3-1-2-4-16(14)13-20;/h1-9,11,13H,10,12H2;1H/q+1;/p-1. The number of pyridine rings is 1. The number of benzene rings is 2. The van der Waals surface area contributed by atoms with Crippen LogP contribution in [0.2, 0.25) is 5.02 Å². The van der Waals surface area contributed by atoms with E-state index in [1.807, 2.05) is 18.3 Å². The van der Waals surface area contributed by atoms with Gasteiger partial charge >= 0.3 is 0 Å². The number of carbonyl (C=O) groups is 1. The monoisotopic (exact) mass is 331 g/mol. The summed E-state index contributed by atoms with van der Waals surface area (Å²) in [5.41, 5.74) is 0.709. The number of ketones is 1. The van der Waals surface area contributed by atoms with E-state index in [-0.39, 0.29) is 18.2 Å². The molecule has 1 aromatic heterocycles. The van der Waals surface area contributed by atoms with Crippen molar-refractivity contribution < 1.29 is 21.8 Å². The van der Waals surface area contributed by atoms with Crippen LogP contribution >= 0.6 is 11.6 Å². The molecule has 2 aromatic carbocycles. The molecule has 0 N–H and O–H groups in total. The van der Waals surface area contributed by atoms with Gasteiger partial charge in [-0.1, -0.05) is 29.8 Å². The molecule has 1 heterocycles. The maximum absolute atomic E-state index is 12.1. The molecule has 112 valence electrons. The fourth-order valence-electron chi connectivity index (χ4n) is 2.33. The van der Waals surface area contributed by atoms with Gasteiger partial charge in [0.2, 0.25) is 0 Å². The normalized spacial score (nSPS) is 10.2. The lowest BCUT2D eigenvalue weighted by molar-refractivity contribution is -0.694. The van der Waals surface area contributed by atoms with Gasteiger partial charge in [0.15, 0.2) is 24.7 Å². The minimum absolute atomic E-state index is 0. The van der Waals surface area contributed by atoms with Crippen LogP contribution in [-0.2, 0) is 6.54 Å². The minimum Gasteiger partial charge on any atom is -1.00 e. The van der Waals surface area contributed by atoms with Crippen molar-refractivity contribution in [3.63, 3.8) is 0 Å². The molecular formula is C18H15Cl2NO. The zero-order valence-electron chi connectivity index (χ0n) is 11.9. The van der Waals surface area contributed by atoms with Gasteiger partial charge in [-0.05, 0) is 35.7 Å². The van der Waals surface area contributed by atoms with Gasteiger partial charge in [0.25, 0.3) is 0 Å². The van der Waals surface area contributed by atoms with E-state index in [4.69, 9.17) is 11.6 Å². The summed E-state index contributed by atoms with van der Waals surface area (Å²) >= 11 is 5.83. The van der Waals surface area contributed by atoms with Crippen LogP contribution in [0, 0.1) is 0 Å². The highest BCUT2D eigenvalue weighted by molar-refractivity contribution is 6.30. The Bertz CT molecular complexity index is 784. The van der Waals surface area contributed by atoms with Gasteiger partial charge in [-0.15, -0.1) is 0 Å². The minimum atomic E-state index is 0. The molecule has 0 aliphatic carbocycles. The summed E-state index contributed by atoms with van der Waals surface area (Å²) in [6.07, 6.45) is 4.56. The molecular weight excluding hydrogens is 317 g/mol. The first-order valence-electron chi connectivity index (χ1n) is 6.89. The van der Waals surface area contributed by atoms with E-state index in [9.17, 15) is 4.79 Å². The van der Waals surface area contributed by atoms with E-state index >= 15 is 0 Å². The Hall–Kier alpha value is -1.90. The fourth-order valence-corrected chi connectivity index (χ4v) is 2.45. The highest BCUT2D eigenvalue weighted by Crippen LogP contribution is 2.12. The fraction of sp³-hybridized carbons (Fsp3) is 0.111. The highest BCUT2D eigenvalue weighted by Gasteiger charge is 2.10. The van der Waals surface area contributed by atoms with Crippen molar-refractivity contribution in [3.8, 4) is 0 Å². The zero-order chi connectivity index (χ0) is 14.7. The molecule has 0 unspecified atom stereocenters. The predicted octanol–water partition coefficient (Wildman–Crippen LogP) is 1.06. The lowest BCUT2D eigenvalue weighted by Gasteiger charge is -2.01. The number of hydrogen-bond donors (Lipinski definition) is 0. The number of carbonyl (C=O) groups excluding carboxylic acids is 1. The quantitative estimate of drug-likeness (QED) is 0.517. The van der Waals surface area contributed by atoms with Gasteiger partial charge in [0.05, 0.1) is 6.42 Å². The lowest BCUT2D eigenvalue weighted by atomic mass is 10.1. The number of Topliss-reactive ketones (excluding diaryl/α,β-unsaturated/α-hetero) is 1.